The first kappa shape index (κ1) is 15.9. The Kier molecular flexibility index (Phi) is 7.46. The van der Waals surface area contributed by atoms with Gasteiger partial charge >= 0.3 is 0 Å². The Morgan fingerprint density at radius 3 is 2.63 bits per heavy atom. The monoisotopic (exact) mass is 260 g/mol. The first-order chi connectivity index (χ1) is 9.17. The summed E-state index contributed by atoms with van der Waals surface area (Å²) in [4.78, 5) is 0. The van der Waals surface area contributed by atoms with E-state index in [0.29, 0.717) is 6.04 Å². The number of allylic oxidation sites excluding steroid dienone is 1. The zero-order valence-corrected chi connectivity index (χ0v) is 12.4. The Bertz CT molecular complexity index is 385. The molecule has 0 aromatic heterocycles. The van der Waals surface area contributed by atoms with Crippen LogP contribution >= 0.6 is 0 Å². The van der Waals surface area contributed by atoms with Gasteiger partial charge in [0.25, 0.3) is 0 Å². The minimum absolute atomic E-state index is 0.380. The molecule has 0 radical (unpaired) electrons. The normalized spacial score (nSPS) is 12.4. The second-order valence-corrected chi connectivity index (χ2v) is 5.41. The maximum Gasteiger partial charge on any atom is 0.0250 e. The summed E-state index contributed by atoms with van der Waals surface area (Å²) in [6.07, 6.45) is 9.00. The molecule has 0 heterocycles. The van der Waals surface area contributed by atoms with Gasteiger partial charge < -0.3 is 0 Å². The maximum absolute atomic E-state index is 5.66. The van der Waals surface area contributed by atoms with Gasteiger partial charge in [-0.05, 0) is 56.2 Å². The molecular formula is C17H28N2. The zero-order valence-electron chi connectivity index (χ0n) is 12.4. The summed E-state index contributed by atoms with van der Waals surface area (Å²) in [5, 5.41) is 0. The summed E-state index contributed by atoms with van der Waals surface area (Å²) in [6.45, 7) is 8.06. The number of unbranched alkanes of at least 4 members (excludes halogenated alkanes) is 3. The molecule has 0 fully saturated rings. The van der Waals surface area contributed by atoms with E-state index in [1.807, 2.05) is 6.08 Å². The van der Waals surface area contributed by atoms with Crippen molar-refractivity contribution in [2.75, 3.05) is 0 Å². The number of hydrazine groups is 1. The third-order valence-electron chi connectivity index (χ3n) is 3.75. The maximum atomic E-state index is 5.66. The molecule has 1 atom stereocenters. The Balaban J connectivity index is 2.38. The van der Waals surface area contributed by atoms with Crippen LogP contribution in [0.15, 0.2) is 30.9 Å². The Labute approximate surface area is 118 Å². The van der Waals surface area contributed by atoms with Crippen LogP contribution in [0, 0.1) is 13.8 Å². The van der Waals surface area contributed by atoms with Crippen LogP contribution in [0.3, 0.4) is 0 Å². The molecule has 0 amide bonds. The second kappa shape index (κ2) is 8.89. The highest BCUT2D eigenvalue weighted by Crippen LogP contribution is 2.14. The molecule has 1 aromatic rings. The van der Waals surface area contributed by atoms with Crippen LogP contribution in [0.2, 0.25) is 0 Å². The van der Waals surface area contributed by atoms with Crippen molar-refractivity contribution in [3.05, 3.63) is 47.5 Å². The molecule has 0 aliphatic carbocycles. The zero-order chi connectivity index (χ0) is 14.1. The first-order valence-corrected chi connectivity index (χ1v) is 7.30. The van der Waals surface area contributed by atoms with Crippen molar-refractivity contribution in [2.45, 2.75) is 58.4 Å². The van der Waals surface area contributed by atoms with Crippen molar-refractivity contribution < 1.29 is 0 Å². The van der Waals surface area contributed by atoms with Crippen LogP contribution in [0.4, 0.5) is 0 Å². The SMILES string of the molecule is C=CCCCCCC(Cc1ccc(C)c(C)c1)NN. The third kappa shape index (κ3) is 6.04. The first-order valence-electron chi connectivity index (χ1n) is 7.30. The van der Waals surface area contributed by atoms with E-state index in [0.717, 1.165) is 19.3 Å². The molecule has 19 heavy (non-hydrogen) atoms. The van der Waals surface area contributed by atoms with Crippen molar-refractivity contribution in [1.82, 2.24) is 5.43 Å². The summed E-state index contributed by atoms with van der Waals surface area (Å²) < 4.78 is 0. The summed E-state index contributed by atoms with van der Waals surface area (Å²) in [7, 11) is 0. The molecule has 106 valence electrons. The van der Waals surface area contributed by atoms with Crippen molar-refractivity contribution in [1.29, 1.82) is 0 Å². The molecule has 0 saturated carbocycles. The third-order valence-corrected chi connectivity index (χ3v) is 3.75. The molecule has 3 N–H and O–H groups in total. The molecule has 1 rings (SSSR count). The minimum atomic E-state index is 0.380. The average molecular weight is 260 g/mol. The van der Waals surface area contributed by atoms with Crippen molar-refractivity contribution in [3.8, 4) is 0 Å². The van der Waals surface area contributed by atoms with E-state index in [4.69, 9.17) is 5.84 Å². The van der Waals surface area contributed by atoms with Crippen LogP contribution < -0.4 is 11.3 Å². The summed E-state index contributed by atoms with van der Waals surface area (Å²) in [6, 6.07) is 7.07. The summed E-state index contributed by atoms with van der Waals surface area (Å²) >= 11 is 0. The number of hydrogen-bond acceptors (Lipinski definition) is 2. The standard InChI is InChI=1S/C17H28N2/c1-4-5-6-7-8-9-17(19-18)13-16-11-10-14(2)15(3)12-16/h4,10-12,17,19H,1,5-9,13,18H2,2-3H3. The van der Waals surface area contributed by atoms with Gasteiger partial charge in [-0.3, -0.25) is 11.3 Å². The fraction of sp³-hybridized carbons (Fsp3) is 0.529. The fourth-order valence-corrected chi connectivity index (χ4v) is 2.32. The van der Waals surface area contributed by atoms with Gasteiger partial charge in [0, 0.05) is 6.04 Å². The van der Waals surface area contributed by atoms with Gasteiger partial charge in [-0.15, -0.1) is 6.58 Å². The van der Waals surface area contributed by atoms with Gasteiger partial charge in [-0.2, -0.15) is 0 Å². The minimum Gasteiger partial charge on any atom is -0.271 e. The number of nitrogens with one attached hydrogen (secondary N) is 1. The Morgan fingerprint density at radius 2 is 2.00 bits per heavy atom. The molecule has 0 aliphatic heterocycles. The molecule has 0 spiro atoms. The molecular weight excluding hydrogens is 232 g/mol. The second-order valence-electron chi connectivity index (χ2n) is 5.41. The Morgan fingerprint density at radius 1 is 1.21 bits per heavy atom. The number of aryl methyl sites for hydroxylation is 2. The summed E-state index contributed by atoms with van der Waals surface area (Å²) in [5.41, 5.74) is 7.04. The van der Waals surface area contributed by atoms with E-state index >= 15 is 0 Å². The lowest BCUT2D eigenvalue weighted by molar-refractivity contribution is 0.464. The molecule has 2 nitrogen and oxygen atoms in total. The van der Waals surface area contributed by atoms with Crippen LogP contribution in [0.1, 0.15) is 48.8 Å². The predicted octanol–water partition coefficient (Wildman–Crippen LogP) is 3.81. The van der Waals surface area contributed by atoms with Crippen molar-refractivity contribution in [2.24, 2.45) is 5.84 Å². The van der Waals surface area contributed by atoms with Gasteiger partial charge in [0.1, 0.15) is 0 Å². The molecule has 2 heteroatoms. The lowest BCUT2D eigenvalue weighted by Gasteiger charge is -2.16. The quantitative estimate of drug-likeness (QED) is 0.307. The number of benzene rings is 1. The van der Waals surface area contributed by atoms with Crippen LogP contribution in [0.25, 0.3) is 0 Å². The Hall–Kier alpha value is -1.12. The molecule has 0 aliphatic rings. The number of nitrogens with two attached hydrogens (primary N) is 1. The lowest BCUT2D eigenvalue weighted by Crippen LogP contribution is -2.36. The van der Waals surface area contributed by atoms with Crippen LogP contribution in [-0.4, -0.2) is 6.04 Å². The van der Waals surface area contributed by atoms with E-state index in [9.17, 15) is 0 Å². The largest absolute Gasteiger partial charge is 0.271 e. The molecule has 1 aromatic carbocycles. The molecule has 1 unspecified atom stereocenters. The smallest absolute Gasteiger partial charge is 0.0250 e. The van der Waals surface area contributed by atoms with E-state index in [2.05, 4.69) is 44.1 Å². The van der Waals surface area contributed by atoms with Crippen LogP contribution in [-0.2, 0) is 6.42 Å². The van der Waals surface area contributed by atoms with Crippen molar-refractivity contribution in [3.63, 3.8) is 0 Å². The van der Waals surface area contributed by atoms with E-state index in [-0.39, 0.29) is 0 Å². The summed E-state index contributed by atoms with van der Waals surface area (Å²) in [5.74, 6) is 5.66. The van der Waals surface area contributed by atoms with Gasteiger partial charge in [0.15, 0.2) is 0 Å². The van der Waals surface area contributed by atoms with Crippen LogP contribution in [0.5, 0.6) is 0 Å². The topological polar surface area (TPSA) is 38.0 Å². The van der Waals surface area contributed by atoms with Crippen molar-refractivity contribution >= 4 is 0 Å². The molecule has 0 bridgehead atoms. The fourth-order valence-electron chi connectivity index (χ4n) is 2.32. The van der Waals surface area contributed by atoms with Gasteiger partial charge in [-0.25, -0.2) is 0 Å². The van der Waals surface area contributed by atoms with Gasteiger partial charge in [0.2, 0.25) is 0 Å². The van der Waals surface area contributed by atoms with E-state index in [1.165, 1.54) is 36.0 Å². The predicted molar refractivity (Wildman–Crippen MR) is 84.0 cm³/mol. The highest BCUT2D eigenvalue weighted by Gasteiger charge is 2.08. The van der Waals surface area contributed by atoms with E-state index < -0.39 is 0 Å². The highest BCUT2D eigenvalue weighted by molar-refractivity contribution is 5.30. The average Bonchev–Trinajstić information content (AvgIpc) is 2.41. The lowest BCUT2D eigenvalue weighted by atomic mass is 9.98. The number of hydrogen-bond donors (Lipinski definition) is 2. The van der Waals surface area contributed by atoms with E-state index in [1.54, 1.807) is 0 Å². The van der Waals surface area contributed by atoms with Gasteiger partial charge in [0.05, 0.1) is 0 Å². The van der Waals surface area contributed by atoms with Gasteiger partial charge in [-0.1, -0.05) is 37.1 Å². The highest BCUT2D eigenvalue weighted by atomic mass is 15.2. The number of rotatable bonds is 9. The molecule has 0 saturated heterocycles.